The van der Waals surface area contributed by atoms with E-state index in [1.807, 2.05) is 27.9 Å². The van der Waals surface area contributed by atoms with E-state index >= 15 is 0 Å². The zero-order valence-corrected chi connectivity index (χ0v) is 11.9. The molecule has 1 aromatic heterocycles. The average Bonchev–Trinajstić information content (AvgIpc) is 2.81. The van der Waals surface area contributed by atoms with Crippen LogP contribution >= 0.6 is 11.3 Å². The van der Waals surface area contributed by atoms with Crippen molar-refractivity contribution in [2.45, 2.75) is 26.3 Å². The predicted molar refractivity (Wildman–Crippen MR) is 73.2 cm³/mol. The SMILES string of the molecule is CC[C@@H](C)C(=O)NC[C@H](c1ccsc1)N(C)C. The number of nitrogens with one attached hydrogen (secondary N) is 1. The molecule has 2 atom stereocenters. The molecule has 1 amide bonds. The van der Waals surface area contributed by atoms with Gasteiger partial charge in [0.05, 0.1) is 6.04 Å². The minimum Gasteiger partial charge on any atom is -0.354 e. The number of carbonyl (C=O) groups excluding carboxylic acids is 1. The number of thiophene rings is 1. The molecule has 4 heteroatoms. The van der Waals surface area contributed by atoms with Crippen LogP contribution in [0.2, 0.25) is 0 Å². The predicted octanol–water partition coefficient (Wildman–Crippen LogP) is 2.51. The van der Waals surface area contributed by atoms with Crippen molar-refractivity contribution in [3.63, 3.8) is 0 Å². The van der Waals surface area contributed by atoms with Crippen molar-refractivity contribution in [2.75, 3.05) is 20.6 Å². The molecule has 17 heavy (non-hydrogen) atoms. The molecule has 0 radical (unpaired) electrons. The highest BCUT2D eigenvalue weighted by molar-refractivity contribution is 7.07. The summed E-state index contributed by atoms with van der Waals surface area (Å²) in [5.41, 5.74) is 1.27. The van der Waals surface area contributed by atoms with Gasteiger partial charge in [-0.3, -0.25) is 4.79 Å². The van der Waals surface area contributed by atoms with Gasteiger partial charge in [-0.25, -0.2) is 0 Å². The van der Waals surface area contributed by atoms with Gasteiger partial charge in [0.15, 0.2) is 0 Å². The summed E-state index contributed by atoms with van der Waals surface area (Å²) in [5, 5.41) is 7.24. The van der Waals surface area contributed by atoms with Crippen molar-refractivity contribution >= 4 is 17.2 Å². The fraction of sp³-hybridized carbons (Fsp3) is 0.615. The molecule has 0 saturated heterocycles. The molecule has 0 spiro atoms. The molecule has 0 aromatic carbocycles. The number of rotatable bonds is 6. The van der Waals surface area contributed by atoms with E-state index in [9.17, 15) is 4.79 Å². The van der Waals surface area contributed by atoms with Crippen molar-refractivity contribution in [2.24, 2.45) is 5.92 Å². The highest BCUT2D eigenvalue weighted by atomic mass is 32.1. The van der Waals surface area contributed by atoms with Crippen LogP contribution in [0.25, 0.3) is 0 Å². The molecule has 0 saturated carbocycles. The fourth-order valence-electron chi connectivity index (χ4n) is 1.62. The summed E-state index contributed by atoms with van der Waals surface area (Å²) >= 11 is 1.69. The van der Waals surface area contributed by atoms with E-state index in [1.54, 1.807) is 11.3 Å². The van der Waals surface area contributed by atoms with Crippen LogP contribution in [0.4, 0.5) is 0 Å². The third kappa shape index (κ3) is 4.13. The van der Waals surface area contributed by atoms with Crippen molar-refractivity contribution in [3.8, 4) is 0 Å². The lowest BCUT2D eigenvalue weighted by molar-refractivity contribution is -0.124. The Balaban J connectivity index is 2.55. The summed E-state index contributed by atoms with van der Waals surface area (Å²) in [5.74, 6) is 0.245. The van der Waals surface area contributed by atoms with E-state index in [1.165, 1.54) is 5.56 Å². The molecule has 3 nitrogen and oxygen atoms in total. The first-order valence-corrected chi connectivity index (χ1v) is 6.96. The molecule has 96 valence electrons. The monoisotopic (exact) mass is 254 g/mol. The van der Waals surface area contributed by atoms with Crippen LogP contribution in [0.1, 0.15) is 31.9 Å². The van der Waals surface area contributed by atoms with Crippen LogP contribution in [-0.2, 0) is 4.79 Å². The molecule has 0 fully saturated rings. The molecule has 0 aliphatic rings. The Bertz CT molecular complexity index is 335. The molecule has 1 N–H and O–H groups in total. The summed E-state index contributed by atoms with van der Waals surface area (Å²) in [6.07, 6.45) is 0.886. The Morgan fingerprint density at radius 3 is 2.71 bits per heavy atom. The molecular formula is C13H22N2OS. The van der Waals surface area contributed by atoms with Crippen LogP contribution in [-0.4, -0.2) is 31.4 Å². The van der Waals surface area contributed by atoms with E-state index in [0.29, 0.717) is 6.54 Å². The van der Waals surface area contributed by atoms with Gasteiger partial charge < -0.3 is 10.2 Å². The summed E-state index contributed by atoms with van der Waals surface area (Å²) < 4.78 is 0. The molecule has 0 bridgehead atoms. The maximum Gasteiger partial charge on any atom is 0.222 e. The number of hydrogen-bond acceptors (Lipinski definition) is 3. The van der Waals surface area contributed by atoms with Gasteiger partial charge in [-0.05, 0) is 42.9 Å². The average molecular weight is 254 g/mol. The van der Waals surface area contributed by atoms with Gasteiger partial charge >= 0.3 is 0 Å². The van der Waals surface area contributed by atoms with Gasteiger partial charge in [-0.15, -0.1) is 0 Å². The molecule has 0 aliphatic carbocycles. The maximum absolute atomic E-state index is 11.7. The van der Waals surface area contributed by atoms with E-state index in [4.69, 9.17) is 0 Å². The van der Waals surface area contributed by atoms with Gasteiger partial charge in [0.1, 0.15) is 0 Å². The molecular weight excluding hydrogens is 232 g/mol. The van der Waals surface area contributed by atoms with Crippen LogP contribution in [0.3, 0.4) is 0 Å². The second-order valence-electron chi connectivity index (χ2n) is 4.59. The van der Waals surface area contributed by atoms with Crippen molar-refractivity contribution in [1.82, 2.24) is 10.2 Å². The Hall–Kier alpha value is -0.870. The van der Waals surface area contributed by atoms with Crippen LogP contribution < -0.4 is 5.32 Å². The first kappa shape index (κ1) is 14.2. The van der Waals surface area contributed by atoms with Crippen LogP contribution in [0.15, 0.2) is 16.8 Å². The highest BCUT2D eigenvalue weighted by Gasteiger charge is 2.17. The maximum atomic E-state index is 11.7. The number of nitrogens with zero attached hydrogens (tertiary/aromatic N) is 1. The summed E-state index contributed by atoms with van der Waals surface area (Å²) in [4.78, 5) is 13.9. The topological polar surface area (TPSA) is 32.3 Å². The molecule has 0 unspecified atom stereocenters. The number of likely N-dealkylation sites (N-methyl/N-ethyl adjacent to an activating group) is 1. The Morgan fingerprint density at radius 1 is 1.53 bits per heavy atom. The standard InChI is InChI=1S/C13H22N2OS/c1-5-10(2)13(16)14-8-12(15(3)4)11-6-7-17-9-11/h6-7,9-10,12H,5,8H2,1-4H3,(H,14,16)/t10-,12-/m1/s1. The second-order valence-corrected chi connectivity index (χ2v) is 5.37. The van der Waals surface area contributed by atoms with Crippen molar-refractivity contribution in [1.29, 1.82) is 0 Å². The Labute approximate surface area is 108 Å². The summed E-state index contributed by atoms with van der Waals surface area (Å²) in [7, 11) is 4.08. The summed E-state index contributed by atoms with van der Waals surface area (Å²) in [6, 6.07) is 2.37. The van der Waals surface area contributed by atoms with Gasteiger partial charge in [0, 0.05) is 12.5 Å². The zero-order chi connectivity index (χ0) is 12.8. The quantitative estimate of drug-likeness (QED) is 0.846. The van der Waals surface area contributed by atoms with E-state index in [0.717, 1.165) is 6.42 Å². The highest BCUT2D eigenvalue weighted by Crippen LogP contribution is 2.20. The normalized spacial score (nSPS) is 14.6. The third-order valence-corrected chi connectivity index (χ3v) is 3.78. The number of hydrogen-bond donors (Lipinski definition) is 1. The number of carbonyl (C=O) groups is 1. The zero-order valence-electron chi connectivity index (χ0n) is 11.1. The lowest BCUT2D eigenvalue weighted by Gasteiger charge is -2.24. The van der Waals surface area contributed by atoms with E-state index in [-0.39, 0.29) is 17.9 Å². The minimum absolute atomic E-state index is 0.0975. The van der Waals surface area contributed by atoms with Gasteiger partial charge in [0.25, 0.3) is 0 Å². The molecule has 0 aliphatic heterocycles. The molecule has 1 aromatic rings. The van der Waals surface area contributed by atoms with Crippen LogP contribution in [0, 0.1) is 5.92 Å². The first-order valence-electron chi connectivity index (χ1n) is 6.02. The first-order chi connectivity index (χ1) is 8.06. The molecule has 1 heterocycles. The number of amides is 1. The fourth-order valence-corrected chi connectivity index (χ4v) is 2.33. The van der Waals surface area contributed by atoms with Gasteiger partial charge in [-0.1, -0.05) is 13.8 Å². The van der Waals surface area contributed by atoms with Gasteiger partial charge in [-0.2, -0.15) is 11.3 Å². The Morgan fingerprint density at radius 2 is 2.24 bits per heavy atom. The van der Waals surface area contributed by atoms with Crippen molar-refractivity contribution < 1.29 is 4.79 Å². The smallest absolute Gasteiger partial charge is 0.222 e. The molecule has 1 rings (SSSR count). The van der Waals surface area contributed by atoms with Crippen molar-refractivity contribution in [3.05, 3.63) is 22.4 Å². The lowest BCUT2D eigenvalue weighted by atomic mass is 10.1. The van der Waals surface area contributed by atoms with Gasteiger partial charge in [0.2, 0.25) is 5.91 Å². The Kier molecular flexibility index (Phi) is 5.65. The lowest BCUT2D eigenvalue weighted by Crippen LogP contribution is -2.36. The third-order valence-electron chi connectivity index (χ3n) is 3.08. The minimum atomic E-state index is 0.0975. The second kappa shape index (κ2) is 6.77. The largest absolute Gasteiger partial charge is 0.354 e. The van der Waals surface area contributed by atoms with E-state index < -0.39 is 0 Å². The van der Waals surface area contributed by atoms with Crippen LogP contribution in [0.5, 0.6) is 0 Å². The summed E-state index contributed by atoms with van der Waals surface area (Å²) in [6.45, 7) is 4.67. The van der Waals surface area contributed by atoms with E-state index in [2.05, 4.69) is 27.0 Å².